The molecule has 1 aliphatic rings. The van der Waals surface area contributed by atoms with E-state index in [1.807, 2.05) is 6.07 Å². The first-order valence-electron chi connectivity index (χ1n) is 7.25. The number of anilines is 1. The van der Waals surface area contributed by atoms with Crippen molar-refractivity contribution in [2.24, 2.45) is 0 Å². The smallest absolute Gasteiger partial charge is 0.301 e. The number of nitrogens with zero attached hydrogens (tertiary/aromatic N) is 2. The molecule has 1 fully saturated rings. The maximum Gasteiger partial charge on any atom is 0.301 e. The number of pyridine rings is 1. The quantitative estimate of drug-likeness (QED) is 0.652. The third-order valence-corrected chi connectivity index (χ3v) is 3.91. The Labute approximate surface area is 122 Å². The minimum Gasteiger partial charge on any atom is -0.379 e. The lowest BCUT2D eigenvalue weighted by atomic mass is 10.1. The van der Waals surface area contributed by atoms with Gasteiger partial charge in [-0.1, -0.05) is 0 Å². The van der Waals surface area contributed by atoms with Crippen molar-refractivity contribution in [1.29, 1.82) is 0 Å². The molecule has 0 aliphatic carbocycles. The first-order chi connectivity index (χ1) is 10.3. The van der Waals surface area contributed by atoms with Gasteiger partial charge in [-0.25, -0.2) is 0 Å². The van der Waals surface area contributed by atoms with Crippen LogP contribution < -0.4 is 10.6 Å². The number of nitro benzene ring substituents is 1. The Kier molecular flexibility index (Phi) is 3.96. The average Bonchev–Trinajstić information content (AvgIpc) is 3.00. The van der Waals surface area contributed by atoms with Crippen LogP contribution in [0.25, 0.3) is 10.9 Å². The van der Waals surface area contributed by atoms with E-state index in [0.29, 0.717) is 22.6 Å². The van der Waals surface area contributed by atoms with Crippen molar-refractivity contribution in [2.75, 3.05) is 18.4 Å². The molecule has 1 aromatic carbocycles. The molecule has 6 heteroatoms. The number of fused-ring (bicyclic) bond motifs is 1. The highest BCUT2D eigenvalue weighted by Crippen LogP contribution is 2.32. The highest BCUT2D eigenvalue weighted by Gasteiger charge is 2.19. The van der Waals surface area contributed by atoms with E-state index in [9.17, 15) is 10.1 Å². The van der Waals surface area contributed by atoms with Crippen LogP contribution in [-0.2, 0) is 0 Å². The van der Waals surface area contributed by atoms with Crippen LogP contribution in [0.15, 0.2) is 30.5 Å². The molecule has 6 nitrogen and oxygen atoms in total. The zero-order valence-corrected chi connectivity index (χ0v) is 11.7. The van der Waals surface area contributed by atoms with E-state index in [1.54, 1.807) is 24.4 Å². The Morgan fingerprint density at radius 2 is 2.33 bits per heavy atom. The van der Waals surface area contributed by atoms with Crippen LogP contribution >= 0.6 is 0 Å². The molecule has 0 radical (unpaired) electrons. The molecule has 0 amide bonds. The Morgan fingerprint density at radius 1 is 1.43 bits per heavy atom. The van der Waals surface area contributed by atoms with Gasteiger partial charge in [0.15, 0.2) is 0 Å². The van der Waals surface area contributed by atoms with Gasteiger partial charge in [-0.2, -0.15) is 0 Å². The van der Waals surface area contributed by atoms with Crippen LogP contribution in [0.4, 0.5) is 11.4 Å². The van der Waals surface area contributed by atoms with Crippen molar-refractivity contribution in [2.45, 2.75) is 25.3 Å². The zero-order chi connectivity index (χ0) is 14.7. The van der Waals surface area contributed by atoms with Crippen molar-refractivity contribution in [1.82, 2.24) is 10.3 Å². The summed E-state index contributed by atoms with van der Waals surface area (Å²) in [6, 6.07) is 7.55. The molecule has 0 saturated carbocycles. The van der Waals surface area contributed by atoms with Gasteiger partial charge < -0.3 is 10.6 Å². The maximum atomic E-state index is 11.4. The molecule has 0 bridgehead atoms. The van der Waals surface area contributed by atoms with E-state index >= 15 is 0 Å². The van der Waals surface area contributed by atoms with Crippen LogP contribution in [0.1, 0.15) is 19.3 Å². The molecule has 1 unspecified atom stereocenters. The van der Waals surface area contributed by atoms with E-state index in [0.717, 1.165) is 19.5 Å². The summed E-state index contributed by atoms with van der Waals surface area (Å²) in [4.78, 5) is 15.2. The first kappa shape index (κ1) is 13.8. The molecule has 1 atom stereocenters. The second-order valence-corrected chi connectivity index (χ2v) is 5.30. The molecule has 110 valence electrons. The fraction of sp³-hybridized carbons (Fsp3) is 0.400. The van der Waals surface area contributed by atoms with E-state index in [4.69, 9.17) is 0 Å². The average molecular weight is 286 g/mol. The predicted molar refractivity (Wildman–Crippen MR) is 82.5 cm³/mol. The van der Waals surface area contributed by atoms with Crippen LogP contribution in [-0.4, -0.2) is 29.0 Å². The molecule has 21 heavy (non-hydrogen) atoms. The van der Waals surface area contributed by atoms with Gasteiger partial charge in [0.2, 0.25) is 0 Å². The first-order valence-corrected chi connectivity index (χ1v) is 7.25. The van der Waals surface area contributed by atoms with Gasteiger partial charge in [0.05, 0.1) is 15.8 Å². The third-order valence-electron chi connectivity index (χ3n) is 3.91. The maximum absolute atomic E-state index is 11.4. The zero-order valence-electron chi connectivity index (χ0n) is 11.7. The summed E-state index contributed by atoms with van der Waals surface area (Å²) >= 11 is 0. The van der Waals surface area contributed by atoms with Crippen LogP contribution in [0.3, 0.4) is 0 Å². The normalized spacial score (nSPS) is 18.0. The summed E-state index contributed by atoms with van der Waals surface area (Å²) in [6.45, 7) is 1.80. The number of aromatic nitrogens is 1. The standard InChI is InChI=1S/C15H18N4O2/c20-19(21)15-12-4-2-9-17-13(12)5-6-14(15)18-10-7-11-3-1-8-16-11/h2,4-6,9,11,16,18H,1,3,7-8,10H2. The van der Waals surface area contributed by atoms with Gasteiger partial charge in [-0.3, -0.25) is 15.1 Å². The number of nitro groups is 1. The van der Waals surface area contributed by atoms with Crippen molar-refractivity contribution < 1.29 is 4.92 Å². The molecule has 1 aliphatic heterocycles. The molecule has 1 saturated heterocycles. The summed E-state index contributed by atoms with van der Waals surface area (Å²) in [6.07, 6.45) is 5.02. The van der Waals surface area contributed by atoms with Crippen molar-refractivity contribution >= 4 is 22.3 Å². The molecule has 2 heterocycles. The summed E-state index contributed by atoms with van der Waals surface area (Å²) in [5, 5.41) is 18.6. The SMILES string of the molecule is O=[N+]([O-])c1c(NCCC2CCCN2)ccc2ncccc12. The Hall–Kier alpha value is -2.21. The van der Waals surface area contributed by atoms with Crippen LogP contribution in [0, 0.1) is 10.1 Å². The Bertz CT molecular complexity index is 653. The van der Waals surface area contributed by atoms with E-state index < -0.39 is 0 Å². The molecule has 1 aromatic heterocycles. The van der Waals surface area contributed by atoms with Gasteiger partial charge in [0.25, 0.3) is 0 Å². The molecule has 3 rings (SSSR count). The van der Waals surface area contributed by atoms with Crippen LogP contribution in [0.5, 0.6) is 0 Å². The van der Waals surface area contributed by atoms with Gasteiger partial charge in [-0.15, -0.1) is 0 Å². The third kappa shape index (κ3) is 2.95. The van der Waals surface area contributed by atoms with Crippen molar-refractivity contribution in [3.05, 3.63) is 40.6 Å². The molecular weight excluding hydrogens is 268 g/mol. The second kappa shape index (κ2) is 6.05. The number of hydrogen-bond donors (Lipinski definition) is 2. The highest BCUT2D eigenvalue weighted by molar-refractivity contribution is 5.94. The fourth-order valence-corrected chi connectivity index (χ4v) is 2.86. The second-order valence-electron chi connectivity index (χ2n) is 5.30. The summed E-state index contributed by atoms with van der Waals surface area (Å²) in [7, 11) is 0. The number of benzene rings is 1. The number of rotatable bonds is 5. The highest BCUT2D eigenvalue weighted by atomic mass is 16.6. The van der Waals surface area contributed by atoms with E-state index in [-0.39, 0.29) is 10.6 Å². The minimum atomic E-state index is -0.333. The van der Waals surface area contributed by atoms with E-state index in [1.165, 1.54) is 12.8 Å². The summed E-state index contributed by atoms with van der Waals surface area (Å²) in [5.41, 5.74) is 1.32. The predicted octanol–water partition coefficient (Wildman–Crippen LogP) is 2.70. The lowest BCUT2D eigenvalue weighted by Gasteiger charge is -2.12. The largest absolute Gasteiger partial charge is 0.379 e. The monoisotopic (exact) mass is 286 g/mol. The molecular formula is C15H18N4O2. The molecule has 2 N–H and O–H groups in total. The summed E-state index contributed by atoms with van der Waals surface area (Å²) < 4.78 is 0. The number of nitrogens with one attached hydrogen (secondary N) is 2. The lowest BCUT2D eigenvalue weighted by molar-refractivity contribution is -0.382. The van der Waals surface area contributed by atoms with Gasteiger partial charge >= 0.3 is 5.69 Å². The van der Waals surface area contributed by atoms with Gasteiger partial charge in [-0.05, 0) is 50.1 Å². The summed E-state index contributed by atoms with van der Waals surface area (Å²) in [5.74, 6) is 0. The minimum absolute atomic E-state index is 0.111. The molecule has 2 aromatic rings. The van der Waals surface area contributed by atoms with Gasteiger partial charge in [0, 0.05) is 18.8 Å². The van der Waals surface area contributed by atoms with Crippen LogP contribution in [0.2, 0.25) is 0 Å². The lowest BCUT2D eigenvalue weighted by Crippen LogP contribution is -2.24. The topological polar surface area (TPSA) is 80.1 Å². The Balaban J connectivity index is 1.80. The molecule has 0 spiro atoms. The van der Waals surface area contributed by atoms with E-state index in [2.05, 4.69) is 15.6 Å². The van der Waals surface area contributed by atoms with Gasteiger partial charge in [0.1, 0.15) is 5.69 Å². The number of hydrogen-bond acceptors (Lipinski definition) is 5. The fourth-order valence-electron chi connectivity index (χ4n) is 2.86. The van der Waals surface area contributed by atoms with Crippen molar-refractivity contribution in [3.8, 4) is 0 Å². The van der Waals surface area contributed by atoms with Crippen molar-refractivity contribution in [3.63, 3.8) is 0 Å². The Morgan fingerprint density at radius 3 is 3.10 bits per heavy atom.